The second-order valence-electron chi connectivity index (χ2n) is 6.57. The maximum atomic E-state index is 12.5. The third-order valence-corrected chi connectivity index (χ3v) is 4.38. The van der Waals surface area contributed by atoms with E-state index < -0.39 is 24.5 Å². The first-order valence-corrected chi connectivity index (χ1v) is 9.11. The van der Waals surface area contributed by atoms with Crippen LogP contribution < -0.4 is 15.5 Å². The van der Waals surface area contributed by atoms with Gasteiger partial charge in [-0.1, -0.05) is 42.5 Å². The lowest BCUT2D eigenvalue weighted by Gasteiger charge is -2.29. The van der Waals surface area contributed by atoms with Crippen molar-refractivity contribution in [2.75, 3.05) is 23.4 Å². The number of nitrogens with one attached hydrogen (secondary N) is 2. The molecule has 0 unspecified atom stereocenters. The molecule has 0 saturated carbocycles. The Morgan fingerprint density at radius 3 is 2.52 bits per heavy atom. The molecule has 0 aromatic heterocycles. The Hall–Kier alpha value is -3.68. The maximum absolute atomic E-state index is 12.5. The smallest absolute Gasteiger partial charge is 0.308 e. The average molecular weight is 395 g/mol. The van der Waals surface area contributed by atoms with Crippen molar-refractivity contribution in [3.05, 3.63) is 60.2 Å². The van der Waals surface area contributed by atoms with Crippen molar-refractivity contribution in [1.29, 1.82) is 0 Å². The van der Waals surface area contributed by atoms with E-state index in [0.29, 0.717) is 11.4 Å². The Bertz CT molecular complexity index is 929. The van der Waals surface area contributed by atoms with Crippen LogP contribution in [0.2, 0.25) is 0 Å². The van der Waals surface area contributed by atoms with Gasteiger partial charge in [0.1, 0.15) is 6.54 Å². The van der Waals surface area contributed by atoms with Gasteiger partial charge in [0.15, 0.2) is 6.61 Å². The van der Waals surface area contributed by atoms with Crippen molar-refractivity contribution in [3.63, 3.8) is 0 Å². The third kappa shape index (κ3) is 5.19. The van der Waals surface area contributed by atoms with Gasteiger partial charge < -0.3 is 15.4 Å². The molecule has 3 rings (SSSR count). The molecule has 2 N–H and O–H groups in total. The largest absolute Gasteiger partial charge is 0.455 e. The number of fused-ring (bicyclic) bond motifs is 1. The number of rotatable bonds is 6. The highest BCUT2D eigenvalue weighted by Crippen LogP contribution is 2.28. The Labute approximate surface area is 167 Å². The summed E-state index contributed by atoms with van der Waals surface area (Å²) in [5.41, 5.74) is 1.83. The molecule has 1 aliphatic heterocycles. The molecule has 0 radical (unpaired) electrons. The molecule has 8 heteroatoms. The van der Waals surface area contributed by atoms with E-state index in [0.717, 1.165) is 5.56 Å². The van der Waals surface area contributed by atoms with Crippen LogP contribution in [0.1, 0.15) is 24.9 Å². The van der Waals surface area contributed by atoms with Gasteiger partial charge >= 0.3 is 5.97 Å². The van der Waals surface area contributed by atoms with Gasteiger partial charge in [-0.05, 0) is 17.7 Å². The fourth-order valence-electron chi connectivity index (χ4n) is 3.08. The Balaban J connectivity index is 1.62. The first kappa shape index (κ1) is 20.1. The first-order chi connectivity index (χ1) is 13.9. The number of hydrogen-bond acceptors (Lipinski definition) is 5. The van der Waals surface area contributed by atoms with E-state index in [-0.39, 0.29) is 24.8 Å². The fourth-order valence-corrected chi connectivity index (χ4v) is 3.08. The zero-order valence-electron chi connectivity index (χ0n) is 15.9. The molecule has 0 spiro atoms. The maximum Gasteiger partial charge on any atom is 0.308 e. The molecule has 0 saturated heterocycles. The van der Waals surface area contributed by atoms with E-state index in [4.69, 9.17) is 4.74 Å². The van der Waals surface area contributed by atoms with E-state index in [1.54, 1.807) is 48.5 Å². The number of esters is 1. The molecule has 1 heterocycles. The number of carbonyl (C=O) groups is 4. The summed E-state index contributed by atoms with van der Waals surface area (Å²) in [6, 6.07) is 15.4. The highest BCUT2D eigenvalue weighted by Gasteiger charge is 2.27. The van der Waals surface area contributed by atoms with E-state index in [2.05, 4.69) is 10.6 Å². The minimum atomic E-state index is -0.629. The summed E-state index contributed by atoms with van der Waals surface area (Å²) >= 11 is 0. The topological polar surface area (TPSA) is 105 Å². The van der Waals surface area contributed by atoms with Crippen LogP contribution in [0.5, 0.6) is 0 Å². The molecule has 29 heavy (non-hydrogen) atoms. The van der Waals surface area contributed by atoms with Crippen molar-refractivity contribution >= 4 is 35.1 Å². The molecular weight excluding hydrogens is 374 g/mol. The molecule has 3 amide bonds. The van der Waals surface area contributed by atoms with Gasteiger partial charge in [0.2, 0.25) is 11.8 Å². The predicted octanol–water partition coefficient (Wildman–Crippen LogP) is 1.78. The van der Waals surface area contributed by atoms with Crippen molar-refractivity contribution in [2.24, 2.45) is 0 Å². The van der Waals surface area contributed by atoms with Gasteiger partial charge in [-0.3, -0.25) is 24.1 Å². The molecule has 0 bridgehead atoms. The van der Waals surface area contributed by atoms with Crippen LogP contribution in [0.4, 0.5) is 11.4 Å². The van der Waals surface area contributed by atoms with Crippen molar-refractivity contribution in [1.82, 2.24) is 5.32 Å². The Morgan fingerprint density at radius 2 is 1.79 bits per heavy atom. The summed E-state index contributed by atoms with van der Waals surface area (Å²) < 4.78 is 5.13. The number of hydrogen-bond donors (Lipinski definition) is 2. The van der Waals surface area contributed by atoms with Gasteiger partial charge in [-0.2, -0.15) is 0 Å². The molecular formula is C21H21N3O5. The summed E-state index contributed by atoms with van der Waals surface area (Å²) in [4.78, 5) is 49.4. The zero-order chi connectivity index (χ0) is 20.8. The van der Waals surface area contributed by atoms with E-state index >= 15 is 0 Å². The highest BCUT2D eigenvalue weighted by atomic mass is 16.5. The number of benzene rings is 2. The summed E-state index contributed by atoms with van der Waals surface area (Å²) in [6.07, 6.45) is -0.117. The van der Waals surface area contributed by atoms with Crippen LogP contribution in [0.25, 0.3) is 0 Å². The number of nitrogens with zero attached hydrogens (tertiary/aromatic N) is 1. The monoisotopic (exact) mass is 395 g/mol. The average Bonchev–Trinajstić information content (AvgIpc) is 2.71. The first-order valence-electron chi connectivity index (χ1n) is 9.11. The number of para-hydroxylation sites is 2. The number of anilines is 2. The third-order valence-electron chi connectivity index (χ3n) is 4.38. The van der Waals surface area contributed by atoms with E-state index in [9.17, 15) is 19.2 Å². The number of amides is 3. The minimum absolute atomic E-state index is 0.117. The lowest BCUT2D eigenvalue weighted by molar-refractivity contribution is -0.148. The summed E-state index contributed by atoms with van der Waals surface area (Å²) in [7, 11) is 0. The normalized spacial score (nSPS) is 13.7. The van der Waals surface area contributed by atoms with Crippen LogP contribution in [0.3, 0.4) is 0 Å². The highest BCUT2D eigenvalue weighted by molar-refractivity contribution is 6.10. The lowest BCUT2D eigenvalue weighted by atomic mass is 10.0. The SMILES string of the molecule is CC(=O)N[C@@H](CC(=O)OCC(=O)N1CC(=O)Nc2ccccc21)c1ccccc1. The lowest BCUT2D eigenvalue weighted by Crippen LogP contribution is -2.44. The van der Waals surface area contributed by atoms with Gasteiger partial charge in [-0.15, -0.1) is 0 Å². The van der Waals surface area contributed by atoms with Crippen molar-refractivity contribution in [2.45, 2.75) is 19.4 Å². The summed E-state index contributed by atoms with van der Waals surface area (Å²) in [5, 5.41) is 5.40. The molecule has 1 aliphatic rings. The van der Waals surface area contributed by atoms with Gasteiger partial charge in [-0.25, -0.2) is 0 Å². The van der Waals surface area contributed by atoms with Crippen LogP contribution in [0, 0.1) is 0 Å². The van der Waals surface area contributed by atoms with Crippen LogP contribution in [-0.2, 0) is 23.9 Å². The molecule has 2 aromatic carbocycles. The van der Waals surface area contributed by atoms with E-state index in [1.165, 1.54) is 11.8 Å². The Morgan fingerprint density at radius 1 is 1.10 bits per heavy atom. The molecule has 0 fully saturated rings. The van der Waals surface area contributed by atoms with Crippen molar-refractivity contribution < 1.29 is 23.9 Å². The number of carbonyl (C=O) groups excluding carboxylic acids is 4. The second kappa shape index (κ2) is 9.01. The van der Waals surface area contributed by atoms with Crippen LogP contribution in [0.15, 0.2) is 54.6 Å². The summed E-state index contributed by atoms with van der Waals surface area (Å²) in [6.45, 7) is 0.720. The van der Waals surface area contributed by atoms with Crippen LogP contribution in [-0.4, -0.2) is 36.8 Å². The molecule has 2 aromatic rings. The summed E-state index contributed by atoms with van der Waals surface area (Å²) in [5.74, 6) is -1.73. The molecule has 150 valence electrons. The van der Waals surface area contributed by atoms with Gasteiger partial charge in [0, 0.05) is 6.92 Å². The quantitative estimate of drug-likeness (QED) is 0.726. The Kier molecular flexibility index (Phi) is 6.23. The van der Waals surface area contributed by atoms with E-state index in [1.807, 2.05) is 6.07 Å². The standard InChI is InChI=1S/C21H21N3O5/c1-14(25)22-17(15-7-3-2-4-8-15)11-21(28)29-13-20(27)24-12-19(26)23-16-9-5-6-10-18(16)24/h2-10,17H,11-13H2,1H3,(H,22,25)(H,23,26)/t17-/m0/s1. The molecule has 0 aliphatic carbocycles. The zero-order valence-corrected chi connectivity index (χ0v) is 15.9. The fraction of sp³-hybridized carbons (Fsp3) is 0.238. The molecule has 8 nitrogen and oxygen atoms in total. The minimum Gasteiger partial charge on any atom is -0.455 e. The predicted molar refractivity (Wildman–Crippen MR) is 106 cm³/mol. The molecule has 1 atom stereocenters. The van der Waals surface area contributed by atoms with Gasteiger partial charge in [0.25, 0.3) is 5.91 Å². The van der Waals surface area contributed by atoms with Crippen molar-refractivity contribution in [3.8, 4) is 0 Å². The van der Waals surface area contributed by atoms with Gasteiger partial charge in [0.05, 0.1) is 23.8 Å². The number of ether oxygens (including phenoxy) is 1. The van der Waals surface area contributed by atoms with Crippen LogP contribution >= 0.6 is 0 Å². The second-order valence-corrected chi connectivity index (χ2v) is 6.57.